The highest BCUT2D eigenvalue weighted by atomic mass is 32.1. The zero-order valence-corrected chi connectivity index (χ0v) is 18.4. The van der Waals surface area contributed by atoms with Gasteiger partial charge in [0.1, 0.15) is 17.3 Å². The lowest BCUT2D eigenvalue weighted by Gasteiger charge is -2.40. The zero-order valence-electron chi connectivity index (χ0n) is 17.6. The molecule has 8 heteroatoms. The van der Waals surface area contributed by atoms with E-state index in [1.807, 2.05) is 35.9 Å². The number of carbonyl (C=O) groups is 2. The first kappa shape index (κ1) is 21.7. The number of benzene rings is 1. The molecule has 1 aromatic carbocycles. The van der Waals surface area contributed by atoms with Gasteiger partial charge in [-0.1, -0.05) is 25.5 Å². The van der Waals surface area contributed by atoms with Crippen LogP contribution in [0.2, 0.25) is 0 Å². The Morgan fingerprint density at radius 3 is 2.76 bits per heavy atom. The summed E-state index contributed by atoms with van der Waals surface area (Å²) in [5.41, 5.74) is -0.219. The lowest BCUT2D eigenvalue weighted by Crippen LogP contribution is -2.63. The fourth-order valence-electron chi connectivity index (χ4n) is 3.92. The minimum atomic E-state index is -0.727. The summed E-state index contributed by atoms with van der Waals surface area (Å²) < 4.78 is 5.38. The number of unbranched alkanes of at least 4 members (excludes halogenated alkanes) is 1. The number of ether oxygens (including phenoxy) is 1. The maximum atomic E-state index is 13.4. The highest BCUT2D eigenvalue weighted by molar-refractivity contribution is 7.80. The van der Waals surface area contributed by atoms with Crippen molar-refractivity contribution in [3.63, 3.8) is 0 Å². The van der Waals surface area contributed by atoms with Crippen LogP contribution in [-0.4, -0.2) is 76.6 Å². The number of carbonyl (C=O) groups excluding carboxylic acids is 2. The lowest BCUT2D eigenvalue weighted by atomic mass is 10.0. The summed E-state index contributed by atoms with van der Waals surface area (Å²) in [7, 11) is 1.55. The van der Waals surface area contributed by atoms with Crippen molar-refractivity contribution in [2.75, 3.05) is 33.3 Å². The average molecular weight is 419 g/mol. The molecule has 1 aromatic rings. The molecule has 7 nitrogen and oxygen atoms in total. The van der Waals surface area contributed by atoms with Gasteiger partial charge in [0.25, 0.3) is 5.91 Å². The van der Waals surface area contributed by atoms with Crippen LogP contribution in [0.1, 0.15) is 44.0 Å². The Morgan fingerprint density at radius 1 is 1.34 bits per heavy atom. The zero-order chi connectivity index (χ0) is 21.2. The maximum Gasteiger partial charge on any atom is 0.268 e. The molecule has 2 heterocycles. The Kier molecular flexibility index (Phi) is 6.55. The molecule has 2 fully saturated rings. The van der Waals surface area contributed by atoms with Crippen molar-refractivity contribution in [1.82, 2.24) is 20.2 Å². The quantitative estimate of drug-likeness (QED) is 0.537. The van der Waals surface area contributed by atoms with Crippen LogP contribution in [0.5, 0.6) is 5.75 Å². The number of nitrogens with zero attached hydrogens (tertiary/aromatic N) is 3. The van der Waals surface area contributed by atoms with E-state index in [9.17, 15) is 9.59 Å². The molecule has 0 spiro atoms. The van der Waals surface area contributed by atoms with Gasteiger partial charge in [0, 0.05) is 26.2 Å². The number of hydrazine groups is 1. The molecule has 0 bridgehead atoms. The van der Waals surface area contributed by atoms with E-state index in [0.717, 1.165) is 19.4 Å². The number of hydrogen-bond acceptors (Lipinski definition) is 6. The van der Waals surface area contributed by atoms with E-state index >= 15 is 0 Å². The molecule has 2 aliphatic heterocycles. The minimum Gasteiger partial charge on any atom is -0.496 e. The van der Waals surface area contributed by atoms with Crippen molar-refractivity contribution in [3.05, 3.63) is 29.8 Å². The van der Waals surface area contributed by atoms with E-state index in [1.54, 1.807) is 24.3 Å². The van der Waals surface area contributed by atoms with Gasteiger partial charge in [-0.3, -0.25) is 9.59 Å². The molecule has 29 heavy (non-hydrogen) atoms. The van der Waals surface area contributed by atoms with Crippen LogP contribution in [0.15, 0.2) is 24.3 Å². The summed E-state index contributed by atoms with van der Waals surface area (Å²) in [4.78, 5) is 28.7. The first-order chi connectivity index (χ1) is 13.8. The first-order valence-electron chi connectivity index (χ1n) is 10.1. The maximum absolute atomic E-state index is 13.4. The van der Waals surface area contributed by atoms with Gasteiger partial charge in [0.15, 0.2) is 10.9 Å². The van der Waals surface area contributed by atoms with E-state index in [1.165, 1.54) is 0 Å². The molecule has 0 saturated carbocycles. The van der Waals surface area contributed by atoms with Crippen molar-refractivity contribution in [2.45, 2.75) is 45.2 Å². The van der Waals surface area contributed by atoms with Gasteiger partial charge in [0.05, 0.1) is 12.7 Å². The van der Waals surface area contributed by atoms with E-state index < -0.39 is 11.6 Å². The number of nitrogens with one attached hydrogen (secondary N) is 1. The monoisotopic (exact) mass is 418 g/mol. The smallest absolute Gasteiger partial charge is 0.268 e. The number of piperazine rings is 1. The lowest BCUT2D eigenvalue weighted by molar-refractivity contribution is -0.144. The molecular weight excluding hydrogens is 388 g/mol. The number of Topliss-reactive ketones (excluding diaryl/α,β-unsaturated/α-hetero) is 1. The molecule has 0 aliphatic carbocycles. The highest BCUT2D eigenvalue weighted by Gasteiger charge is 2.52. The Balaban J connectivity index is 1.92. The van der Waals surface area contributed by atoms with Crippen LogP contribution in [-0.2, 0) is 4.79 Å². The van der Waals surface area contributed by atoms with Gasteiger partial charge in [-0.25, -0.2) is 5.01 Å². The number of para-hydroxylation sites is 1. The average Bonchev–Trinajstić information content (AvgIpc) is 2.90. The Bertz CT molecular complexity index is 798. The predicted molar refractivity (Wildman–Crippen MR) is 116 cm³/mol. The van der Waals surface area contributed by atoms with Crippen LogP contribution in [0.3, 0.4) is 0 Å². The highest BCUT2D eigenvalue weighted by Crippen LogP contribution is 2.32. The Labute approximate surface area is 177 Å². The van der Waals surface area contributed by atoms with Crippen molar-refractivity contribution in [1.29, 1.82) is 0 Å². The second-order valence-electron chi connectivity index (χ2n) is 7.91. The van der Waals surface area contributed by atoms with Gasteiger partial charge in [-0.2, -0.15) is 5.01 Å². The molecule has 2 aliphatic rings. The third-order valence-corrected chi connectivity index (χ3v) is 6.08. The summed E-state index contributed by atoms with van der Waals surface area (Å²) in [6, 6.07) is 6.64. The van der Waals surface area contributed by atoms with Crippen molar-refractivity contribution >= 4 is 29.0 Å². The van der Waals surface area contributed by atoms with E-state index in [-0.39, 0.29) is 11.7 Å². The summed E-state index contributed by atoms with van der Waals surface area (Å²) in [5, 5.41) is 7.15. The van der Waals surface area contributed by atoms with Gasteiger partial charge >= 0.3 is 0 Å². The molecule has 158 valence electrons. The van der Waals surface area contributed by atoms with Crippen LogP contribution < -0.4 is 10.1 Å². The Hall–Kier alpha value is -2.03. The normalized spacial score (nSPS) is 22.3. The molecule has 1 amide bonds. The minimum absolute atomic E-state index is 0.0849. The number of hydrogen-bond donors (Lipinski definition) is 1. The van der Waals surface area contributed by atoms with Gasteiger partial charge < -0.3 is 15.0 Å². The summed E-state index contributed by atoms with van der Waals surface area (Å²) >= 11 is 5.72. The van der Waals surface area contributed by atoms with Crippen LogP contribution >= 0.6 is 12.2 Å². The molecule has 1 unspecified atom stereocenters. The summed E-state index contributed by atoms with van der Waals surface area (Å²) in [5.74, 6) is 0.358. The number of thiocarbonyl (C=S) groups is 1. The van der Waals surface area contributed by atoms with E-state index in [2.05, 4.69) is 12.2 Å². The predicted octanol–water partition coefficient (Wildman–Crippen LogP) is 2.07. The topological polar surface area (TPSA) is 65.1 Å². The second-order valence-corrected chi connectivity index (χ2v) is 8.28. The third kappa shape index (κ3) is 3.89. The van der Waals surface area contributed by atoms with E-state index in [0.29, 0.717) is 36.1 Å². The molecular formula is C21H30N4O3S. The van der Waals surface area contributed by atoms with E-state index in [4.69, 9.17) is 17.0 Å². The van der Waals surface area contributed by atoms with Crippen LogP contribution in [0.4, 0.5) is 0 Å². The van der Waals surface area contributed by atoms with Crippen LogP contribution in [0.25, 0.3) is 0 Å². The SMILES string of the molecule is CCCCN1C(=S)N(N2CCNCC2C(=O)c2ccccc2OC)C(=O)C1(C)C. The number of rotatable bonds is 7. The Morgan fingerprint density at radius 2 is 2.07 bits per heavy atom. The molecule has 0 aromatic heterocycles. The summed E-state index contributed by atoms with van der Waals surface area (Å²) in [6.07, 6.45) is 1.97. The largest absolute Gasteiger partial charge is 0.496 e. The molecule has 1 N–H and O–H groups in total. The standard InChI is InChI=1S/C21H30N4O3S/c1-5-6-12-23-20(29)25(19(27)21(23,2)3)24-13-11-22-14-16(24)18(26)15-9-7-8-10-17(15)28-4/h7-10,16,22H,5-6,11-14H2,1-4H3. The van der Waals surface area contributed by atoms with Gasteiger partial charge in [-0.15, -0.1) is 0 Å². The number of amides is 1. The van der Waals surface area contributed by atoms with Crippen LogP contribution in [0, 0.1) is 0 Å². The molecule has 0 radical (unpaired) electrons. The molecule has 2 saturated heterocycles. The van der Waals surface area contributed by atoms with Crippen molar-refractivity contribution in [3.8, 4) is 5.75 Å². The number of methoxy groups -OCH3 is 1. The first-order valence-corrected chi connectivity index (χ1v) is 10.6. The molecule has 3 rings (SSSR count). The fourth-order valence-corrected chi connectivity index (χ4v) is 4.43. The summed E-state index contributed by atoms with van der Waals surface area (Å²) in [6.45, 7) is 8.28. The molecule has 1 atom stereocenters. The third-order valence-electron chi connectivity index (χ3n) is 5.69. The van der Waals surface area contributed by atoms with Gasteiger partial charge in [0.2, 0.25) is 0 Å². The fraction of sp³-hybridized carbons (Fsp3) is 0.571. The van der Waals surface area contributed by atoms with Crippen molar-refractivity contribution < 1.29 is 14.3 Å². The van der Waals surface area contributed by atoms with Crippen molar-refractivity contribution in [2.24, 2.45) is 0 Å². The second kappa shape index (κ2) is 8.77. The number of ketones is 1. The van der Waals surface area contributed by atoms with Gasteiger partial charge in [-0.05, 0) is 44.6 Å².